The molecule has 0 saturated carbocycles. The van der Waals surface area contributed by atoms with Crippen LogP contribution in [-0.4, -0.2) is 15.6 Å². The lowest BCUT2D eigenvalue weighted by atomic mass is 10.1. The fourth-order valence-corrected chi connectivity index (χ4v) is 2.40. The first-order chi connectivity index (χ1) is 9.22. The lowest BCUT2D eigenvalue weighted by Gasteiger charge is -2.06. The fourth-order valence-electron chi connectivity index (χ4n) is 2.40. The molecule has 1 aromatic heterocycles. The number of benzene rings is 1. The number of carboxylic acid groups (broad SMARTS) is 1. The summed E-state index contributed by atoms with van der Waals surface area (Å²) in [4.78, 5) is 11.0. The Bertz CT molecular complexity index is 557. The van der Waals surface area contributed by atoms with Crippen molar-refractivity contribution >= 4 is 16.9 Å². The van der Waals surface area contributed by atoms with E-state index in [0.29, 0.717) is 5.56 Å². The van der Waals surface area contributed by atoms with Crippen molar-refractivity contribution in [2.75, 3.05) is 0 Å². The van der Waals surface area contributed by atoms with Crippen LogP contribution in [-0.2, 0) is 6.54 Å². The zero-order chi connectivity index (χ0) is 13.7. The lowest BCUT2D eigenvalue weighted by Crippen LogP contribution is -1.99. The van der Waals surface area contributed by atoms with Gasteiger partial charge in [0.2, 0.25) is 0 Å². The molecule has 0 amide bonds. The molecule has 3 nitrogen and oxygen atoms in total. The van der Waals surface area contributed by atoms with Crippen LogP contribution in [0.15, 0.2) is 30.5 Å². The second-order valence-corrected chi connectivity index (χ2v) is 5.00. The third-order valence-corrected chi connectivity index (χ3v) is 3.52. The maximum atomic E-state index is 11.0. The summed E-state index contributed by atoms with van der Waals surface area (Å²) in [5.41, 5.74) is 1.38. The van der Waals surface area contributed by atoms with Gasteiger partial charge in [-0.15, -0.1) is 0 Å². The maximum Gasteiger partial charge on any atom is 0.335 e. The number of unbranched alkanes of at least 4 members (excludes halogenated alkanes) is 4. The second kappa shape index (κ2) is 6.41. The number of aromatic nitrogens is 1. The SMILES string of the molecule is CCCCCCCn1ccc2ccc(C(=O)O)cc21. The summed E-state index contributed by atoms with van der Waals surface area (Å²) in [6.45, 7) is 3.18. The number of aryl methyl sites for hydroxylation is 1. The Labute approximate surface area is 113 Å². The van der Waals surface area contributed by atoms with Gasteiger partial charge < -0.3 is 9.67 Å². The molecule has 1 aromatic carbocycles. The summed E-state index contributed by atoms with van der Waals surface area (Å²) >= 11 is 0. The molecule has 0 radical (unpaired) electrons. The third kappa shape index (κ3) is 3.37. The van der Waals surface area contributed by atoms with E-state index in [1.54, 1.807) is 12.1 Å². The number of rotatable bonds is 7. The molecule has 0 aliphatic carbocycles. The van der Waals surface area contributed by atoms with Crippen molar-refractivity contribution in [2.45, 2.75) is 45.6 Å². The minimum atomic E-state index is -0.863. The van der Waals surface area contributed by atoms with Crippen LogP contribution < -0.4 is 0 Å². The van der Waals surface area contributed by atoms with Gasteiger partial charge in [-0.1, -0.05) is 38.7 Å². The molecule has 0 saturated heterocycles. The molecule has 0 aliphatic rings. The van der Waals surface area contributed by atoms with Gasteiger partial charge in [0.15, 0.2) is 0 Å². The quantitative estimate of drug-likeness (QED) is 0.753. The van der Waals surface area contributed by atoms with Crippen molar-refractivity contribution in [1.29, 1.82) is 0 Å². The van der Waals surface area contributed by atoms with E-state index in [1.807, 2.05) is 12.1 Å². The summed E-state index contributed by atoms with van der Waals surface area (Å²) in [6.07, 6.45) is 8.30. The number of hydrogen-bond acceptors (Lipinski definition) is 1. The molecule has 3 heteroatoms. The summed E-state index contributed by atoms with van der Waals surface area (Å²) in [5.74, 6) is -0.863. The zero-order valence-corrected chi connectivity index (χ0v) is 11.4. The maximum absolute atomic E-state index is 11.0. The van der Waals surface area contributed by atoms with Gasteiger partial charge in [-0.2, -0.15) is 0 Å². The van der Waals surface area contributed by atoms with Crippen molar-refractivity contribution in [3.05, 3.63) is 36.0 Å². The highest BCUT2D eigenvalue weighted by molar-refractivity contribution is 5.93. The Morgan fingerprint density at radius 2 is 1.95 bits per heavy atom. The van der Waals surface area contributed by atoms with Gasteiger partial charge >= 0.3 is 5.97 Å². The van der Waals surface area contributed by atoms with Crippen LogP contribution in [0, 0.1) is 0 Å². The Morgan fingerprint density at radius 3 is 2.68 bits per heavy atom. The van der Waals surface area contributed by atoms with Gasteiger partial charge in [0.1, 0.15) is 0 Å². The molecule has 102 valence electrons. The number of carbonyl (C=O) groups is 1. The van der Waals surface area contributed by atoms with E-state index >= 15 is 0 Å². The molecule has 0 spiro atoms. The highest BCUT2D eigenvalue weighted by atomic mass is 16.4. The van der Waals surface area contributed by atoms with Crippen LogP contribution >= 0.6 is 0 Å². The Kier molecular flexibility index (Phi) is 4.61. The first-order valence-electron chi connectivity index (χ1n) is 7.04. The molecule has 2 aromatic rings. The van der Waals surface area contributed by atoms with Crippen LogP contribution in [0.4, 0.5) is 0 Å². The van der Waals surface area contributed by atoms with Crippen LogP contribution in [0.2, 0.25) is 0 Å². The highest BCUT2D eigenvalue weighted by Gasteiger charge is 2.06. The fraction of sp³-hybridized carbons (Fsp3) is 0.438. The van der Waals surface area contributed by atoms with Crippen molar-refractivity contribution in [1.82, 2.24) is 4.57 Å². The highest BCUT2D eigenvalue weighted by Crippen LogP contribution is 2.19. The monoisotopic (exact) mass is 259 g/mol. The standard InChI is InChI=1S/C16H21NO2/c1-2-3-4-5-6-10-17-11-9-13-7-8-14(16(18)19)12-15(13)17/h7-9,11-12H,2-6,10H2,1H3,(H,18,19). The predicted molar refractivity (Wildman–Crippen MR) is 77.7 cm³/mol. The second-order valence-electron chi connectivity index (χ2n) is 5.00. The van der Waals surface area contributed by atoms with E-state index < -0.39 is 5.97 Å². The van der Waals surface area contributed by atoms with Crippen LogP contribution in [0.3, 0.4) is 0 Å². The molecule has 2 rings (SSSR count). The summed E-state index contributed by atoms with van der Waals surface area (Å²) in [5, 5.41) is 10.1. The van der Waals surface area contributed by atoms with Crippen molar-refractivity contribution < 1.29 is 9.90 Å². The first kappa shape index (κ1) is 13.7. The molecule has 0 fully saturated rings. The van der Waals surface area contributed by atoms with E-state index in [0.717, 1.165) is 23.9 Å². The largest absolute Gasteiger partial charge is 0.478 e. The average molecular weight is 259 g/mol. The van der Waals surface area contributed by atoms with Crippen molar-refractivity contribution in [3.63, 3.8) is 0 Å². The molecule has 0 aliphatic heterocycles. The molecule has 19 heavy (non-hydrogen) atoms. The first-order valence-corrected chi connectivity index (χ1v) is 7.04. The molecule has 0 unspecified atom stereocenters. The van der Waals surface area contributed by atoms with E-state index in [2.05, 4.69) is 17.7 Å². The van der Waals surface area contributed by atoms with E-state index in [9.17, 15) is 4.79 Å². The smallest absolute Gasteiger partial charge is 0.335 e. The third-order valence-electron chi connectivity index (χ3n) is 3.52. The Balaban J connectivity index is 2.06. The Morgan fingerprint density at radius 1 is 1.16 bits per heavy atom. The van der Waals surface area contributed by atoms with E-state index in [4.69, 9.17) is 5.11 Å². The zero-order valence-electron chi connectivity index (χ0n) is 11.4. The lowest BCUT2D eigenvalue weighted by molar-refractivity contribution is 0.0697. The van der Waals surface area contributed by atoms with Gasteiger partial charge in [0.05, 0.1) is 5.56 Å². The summed E-state index contributed by atoms with van der Waals surface area (Å²) in [6, 6.07) is 7.36. The minimum absolute atomic E-state index is 0.360. The van der Waals surface area contributed by atoms with E-state index in [1.165, 1.54) is 25.7 Å². The van der Waals surface area contributed by atoms with Crippen LogP contribution in [0.5, 0.6) is 0 Å². The number of aromatic carboxylic acids is 1. The van der Waals surface area contributed by atoms with Crippen molar-refractivity contribution in [2.24, 2.45) is 0 Å². The molecular formula is C16H21NO2. The van der Waals surface area contributed by atoms with Gasteiger partial charge in [-0.25, -0.2) is 4.79 Å². The van der Waals surface area contributed by atoms with Crippen LogP contribution in [0.1, 0.15) is 49.4 Å². The summed E-state index contributed by atoms with van der Waals surface area (Å²) < 4.78 is 2.16. The molecule has 1 N–H and O–H groups in total. The van der Waals surface area contributed by atoms with Gasteiger partial charge in [-0.05, 0) is 30.0 Å². The number of nitrogens with zero attached hydrogens (tertiary/aromatic N) is 1. The number of hydrogen-bond donors (Lipinski definition) is 1. The molecule has 0 atom stereocenters. The Hall–Kier alpha value is -1.77. The molecular weight excluding hydrogens is 238 g/mol. The minimum Gasteiger partial charge on any atom is -0.478 e. The van der Waals surface area contributed by atoms with Gasteiger partial charge in [0, 0.05) is 18.3 Å². The van der Waals surface area contributed by atoms with E-state index in [-0.39, 0.29) is 0 Å². The molecule has 1 heterocycles. The number of carboxylic acids is 1. The van der Waals surface area contributed by atoms with Crippen molar-refractivity contribution in [3.8, 4) is 0 Å². The number of fused-ring (bicyclic) bond motifs is 1. The normalized spacial score (nSPS) is 11.0. The predicted octanol–water partition coefficient (Wildman–Crippen LogP) is 4.31. The average Bonchev–Trinajstić information content (AvgIpc) is 2.81. The molecule has 0 bridgehead atoms. The van der Waals surface area contributed by atoms with Crippen LogP contribution in [0.25, 0.3) is 10.9 Å². The summed E-state index contributed by atoms with van der Waals surface area (Å²) in [7, 11) is 0. The van der Waals surface area contributed by atoms with Gasteiger partial charge in [0.25, 0.3) is 0 Å². The van der Waals surface area contributed by atoms with Gasteiger partial charge in [-0.3, -0.25) is 0 Å². The topological polar surface area (TPSA) is 42.2 Å².